The number of aromatic nitrogens is 1. The van der Waals surface area contributed by atoms with Crippen molar-refractivity contribution in [3.63, 3.8) is 0 Å². The Labute approximate surface area is 136 Å². The number of β-amino-alcohol motifs (C(OH)–C–C–N with tert-alkyl or cyclic N) is 1. The molecule has 126 valence electrons. The Morgan fingerprint density at radius 1 is 1.48 bits per heavy atom. The highest BCUT2D eigenvalue weighted by molar-refractivity contribution is 5.99. The van der Waals surface area contributed by atoms with Gasteiger partial charge in [0.2, 0.25) is 5.91 Å². The van der Waals surface area contributed by atoms with Gasteiger partial charge in [-0.1, -0.05) is 0 Å². The zero-order chi connectivity index (χ0) is 17.0. The van der Waals surface area contributed by atoms with Crippen molar-refractivity contribution in [1.29, 1.82) is 0 Å². The fourth-order valence-electron chi connectivity index (χ4n) is 2.93. The third-order valence-electron chi connectivity index (χ3n) is 4.12. The molecule has 0 aromatic carbocycles. The molecule has 2 amide bonds. The molecule has 0 aliphatic carbocycles. The first-order chi connectivity index (χ1) is 10.9. The largest absolute Gasteiger partial charge is 0.388 e. The lowest BCUT2D eigenvalue weighted by atomic mass is 9.89. The molecular formula is C16H24N4O3. The monoisotopic (exact) mass is 320 g/mol. The van der Waals surface area contributed by atoms with Crippen LogP contribution in [0.2, 0.25) is 0 Å². The lowest BCUT2D eigenvalue weighted by molar-refractivity contribution is -0.127. The molecule has 1 aliphatic rings. The zero-order valence-electron chi connectivity index (χ0n) is 13.9. The summed E-state index contributed by atoms with van der Waals surface area (Å²) in [6, 6.07) is 1.79. The van der Waals surface area contributed by atoms with E-state index in [4.69, 9.17) is 0 Å². The molecule has 2 rings (SSSR count). The van der Waals surface area contributed by atoms with Gasteiger partial charge in [0, 0.05) is 40.1 Å². The lowest BCUT2D eigenvalue weighted by Crippen LogP contribution is -2.52. The van der Waals surface area contributed by atoms with Crippen LogP contribution in [0.25, 0.3) is 0 Å². The minimum atomic E-state index is -1.17. The van der Waals surface area contributed by atoms with E-state index < -0.39 is 5.60 Å². The number of amides is 2. The van der Waals surface area contributed by atoms with Gasteiger partial charge in [0.25, 0.3) is 5.91 Å². The van der Waals surface area contributed by atoms with Crippen LogP contribution in [-0.4, -0.2) is 66.6 Å². The van der Waals surface area contributed by atoms with Gasteiger partial charge in [-0.05, 0) is 18.9 Å². The van der Waals surface area contributed by atoms with E-state index in [1.807, 2.05) is 19.0 Å². The molecule has 1 saturated heterocycles. The fourth-order valence-corrected chi connectivity index (χ4v) is 2.93. The molecule has 2 heterocycles. The van der Waals surface area contributed by atoms with Crippen molar-refractivity contribution in [2.75, 3.05) is 39.1 Å². The predicted molar refractivity (Wildman–Crippen MR) is 87.3 cm³/mol. The van der Waals surface area contributed by atoms with Crippen molar-refractivity contribution in [1.82, 2.24) is 15.2 Å². The van der Waals surface area contributed by atoms with E-state index in [1.54, 1.807) is 23.4 Å². The second-order valence-corrected chi connectivity index (χ2v) is 6.19. The summed E-state index contributed by atoms with van der Waals surface area (Å²) in [5.41, 5.74) is 0.112. The number of carbonyl (C=O) groups is 2. The molecule has 1 aliphatic heterocycles. The average molecular weight is 320 g/mol. The maximum Gasteiger partial charge on any atom is 0.257 e. The Morgan fingerprint density at radius 3 is 2.87 bits per heavy atom. The Balaban J connectivity index is 2.18. The smallest absolute Gasteiger partial charge is 0.257 e. The SMILES string of the molecule is CNC(=O)CC1(O)CCCN(C(=O)c2cnccc2N(C)C)C1. The molecule has 7 heteroatoms. The van der Waals surface area contributed by atoms with Crippen LogP contribution in [0, 0.1) is 0 Å². The first kappa shape index (κ1) is 17.2. The van der Waals surface area contributed by atoms with E-state index in [0.717, 1.165) is 5.69 Å². The molecule has 0 spiro atoms. The second-order valence-electron chi connectivity index (χ2n) is 6.19. The van der Waals surface area contributed by atoms with Gasteiger partial charge in [0.1, 0.15) is 0 Å². The molecule has 7 nitrogen and oxygen atoms in total. The Kier molecular flexibility index (Phi) is 5.20. The molecule has 1 atom stereocenters. The lowest BCUT2D eigenvalue weighted by Gasteiger charge is -2.39. The number of hydrogen-bond acceptors (Lipinski definition) is 5. The second kappa shape index (κ2) is 6.95. The topological polar surface area (TPSA) is 85.8 Å². The van der Waals surface area contributed by atoms with Crippen molar-refractivity contribution in [3.8, 4) is 0 Å². The number of rotatable bonds is 4. The number of anilines is 1. The van der Waals surface area contributed by atoms with Crippen LogP contribution in [0.3, 0.4) is 0 Å². The number of likely N-dealkylation sites (tertiary alicyclic amines) is 1. The van der Waals surface area contributed by atoms with Crippen molar-refractivity contribution in [3.05, 3.63) is 24.0 Å². The van der Waals surface area contributed by atoms with Crippen LogP contribution >= 0.6 is 0 Å². The first-order valence-corrected chi connectivity index (χ1v) is 7.70. The van der Waals surface area contributed by atoms with E-state index in [9.17, 15) is 14.7 Å². The molecule has 1 aromatic heterocycles. The maximum absolute atomic E-state index is 12.8. The van der Waals surface area contributed by atoms with Crippen molar-refractivity contribution < 1.29 is 14.7 Å². The van der Waals surface area contributed by atoms with Crippen molar-refractivity contribution >= 4 is 17.5 Å². The van der Waals surface area contributed by atoms with Gasteiger partial charge >= 0.3 is 0 Å². The zero-order valence-corrected chi connectivity index (χ0v) is 13.9. The van der Waals surface area contributed by atoms with Crippen LogP contribution in [0.5, 0.6) is 0 Å². The third kappa shape index (κ3) is 3.98. The Bertz CT molecular complexity index is 590. The average Bonchev–Trinajstić information content (AvgIpc) is 2.53. The molecule has 0 bridgehead atoms. The molecule has 2 N–H and O–H groups in total. The summed E-state index contributed by atoms with van der Waals surface area (Å²) in [4.78, 5) is 31.9. The van der Waals surface area contributed by atoms with E-state index >= 15 is 0 Å². The molecule has 1 aromatic rings. The number of carbonyl (C=O) groups excluding carboxylic acids is 2. The summed E-state index contributed by atoms with van der Waals surface area (Å²) >= 11 is 0. The molecular weight excluding hydrogens is 296 g/mol. The highest BCUT2D eigenvalue weighted by atomic mass is 16.3. The highest BCUT2D eigenvalue weighted by Crippen LogP contribution is 2.27. The molecule has 1 unspecified atom stereocenters. The minimum Gasteiger partial charge on any atom is -0.388 e. The quantitative estimate of drug-likeness (QED) is 0.831. The maximum atomic E-state index is 12.8. The third-order valence-corrected chi connectivity index (χ3v) is 4.12. The summed E-state index contributed by atoms with van der Waals surface area (Å²) in [7, 11) is 5.27. The summed E-state index contributed by atoms with van der Waals surface area (Å²) in [5.74, 6) is -0.394. The molecule has 23 heavy (non-hydrogen) atoms. The number of hydrogen-bond donors (Lipinski definition) is 2. The van der Waals surface area contributed by atoms with E-state index in [-0.39, 0.29) is 24.8 Å². The highest BCUT2D eigenvalue weighted by Gasteiger charge is 2.37. The summed E-state index contributed by atoms with van der Waals surface area (Å²) in [6.07, 6.45) is 4.36. The fraction of sp³-hybridized carbons (Fsp3) is 0.562. The first-order valence-electron chi connectivity index (χ1n) is 7.70. The number of pyridine rings is 1. The van der Waals surface area contributed by atoms with Gasteiger partial charge in [-0.2, -0.15) is 0 Å². The molecule has 0 saturated carbocycles. The minimum absolute atomic E-state index is 0.000851. The van der Waals surface area contributed by atoms with Crippen LogP contribution in [0.4, 0.5) is 5.69 Å². The van der Waals surface area contributed by atoms with Gasteiger partial charge in [-0.3, -0.25) is 14.6 Å². The van der Waals surface area contributed by atoms with Crippen LogP contribution < -0.4 is 10.2 Å². The number of nitrogens with zero attached hydrogens (tertiary/aromatic N) is 3. The number of aliphatic hydroxyl groups is 1. The van der Waals surface area contributed by atoms with Crippen LogP contribution in [0.15, 0.2) is 18.5 Å². The van der Waals surface area contributed by atoms with Gasteiger partial charge < -0.3 is 20.2 Å². The Morgan fingerprint density at radius 2 is 2.22 bits per heavy atom. The van der Waals surface area contributed by atoms with E-state index in [0.29, 0.717) is 24.9 Å². The normalized spacial score (nSPS) is 21.0. The van der Waals surface area contributed by atoms with Crippen molar-refractivity contribution in [2.45, 2.75) is 24.9 Å². The molecule has 1 fully saturated rings. The van der Waals surface area contributed by atoms with Crippen LogP contribution in [-0.2, 0) is 4.79 Å². The number of piperidine rings is 1. The number of nitrogens with one attached hydrogen (secondary N) is 1. The van der Waals surface area contributed by atoms with Gasteiger partial charge in [0.05, 0.1) is 29.8 Å². The van der Waals surface area contributed by atoms with Gasteiger partial charge in [0.15, 0.2) is 0 Å². The summed E-state index contributed by atoms with van der Waals surface area (Å²) < 4.78 is 0. The van der Waals surface area contributed by atoms with Crippen molar-refractivity contribution in [2.24, 2.45) is 0 Å². The summed E-state index contributed by atoms with van der Waals surface area (Å²) in [6.45, 7) is 0.720. The van der Waals surface area contributed by atoms with Gasteiger partial charge in [-0.25, -0.2) is 0 Å². The van der Waals surface area contributed by atoms with E-state index in [1.165, 1.54) is 7.05 Å². The molecule has 0 radical (unpaired) electrons. The van der Waals surface area contributed by atoms with E-state index in [2.05, 4.69) is 10.3 Å². The predicted octanol–water partition coefficient (Wildman–Crippen LogP) is 0.251. The Hall–Kier alpha value is -2.15. The van der Waals surface area contributed by atoms with Gasteiger partial charge in [-0.15, -0.1) is 0 Å². The summed E-state index contributed by atoms with van der Waals surface area (Å²) in [5, 5.41) is 13.2. The van der Waals surface area contributed by atoms with Crippen LogP contribution in [0.1, 0.15) is 29.6 Å². The standard InChI is InChI=1S/C16H24N4O3/c1-17-14(21)9-16(23)6-4-8-20(11-16)15(22)12-10-18-7-5-13(12)19(2)3/h5,7,10,23H,4,6,8-9,11H2,1-3H3,(H,17,21).